The molecule has 2 aliphatic rings. The monoisotopic (exact) mass is 447 g/mol. The minimum atomic E-state index is -1.59. The van der Waals surface area contributed by atoms with Gasteiger partial charge in [-0.2, -0.15) is 0 Å². The molecule has 32 heavy (non-hydrogen) atoms. The van der Waals surface area contributed by atoms with Gasteiger partial charge in [-0.25, -0.2) is 23.1 Å². The topological polar surface area (TPSA) is 78.4 Å². The normalized spacial score (nSPS) is 18.5. The highest BCUT2D eigenvalue weighted by atomic mass is 19.2. The van der Waals surface area contributed by atoms with Gasteiger partial charge in [-0.1, -0.05) is 13.8 Å². The number of aryl methyl sites for hydroxylation is 1. The van der Waals surface area contributed by atoms with E-state index in [2.05, 4.69) is 15.3 Å². The summed E-state index contributed by atoms with van der Waals surface area (Å²) in [6, 6.07) is 1.08. The van der Waals surface area contributed by atoms with E-state index in [4.69, 9.17) is 0 Å². The third kappa shape index (κ3) is 3.78. The lowest BCUT2D eigenvalue weighted by molar-refractivity contribution is -0.118. The Balaban J connectivity index is 1.45. The lowest BCUT2D eigenvalue weighted by Gasteiger charge is -2.40. The van der Waals surface area contributed by atoms with E-state index in [1.807, 2.05) is 32.7 Å². The van der Waals surface area contributed by atoms with Crippen molar-refractivity contribution in [2.45, 2.75) is 33.2 Å². The van der Waals surface area contributed by atoms with Gasteiger partial charge < -0.3 is 15.1 Å². The Kier molecular flexibility index (Phi) is 5.56. The molecule has 2 aromatic rings. The number of carbonyl (C=O) groups is 2. The molecule has 10 heteroatoms. The second-order valence-electron chi connectivity index (χ2n) is 8.75. The second kappa shape index (κ2) is 8.07. The van der Waals surface area contributed by atoms with Crippen LogP contribution in [-0.4, -0.2) is 52.9 Å². The van der Waals surface area contributed by atoms with Gasteiger partial charge in [-0.3, -0.25) is 9.59 Å². The van der Waals surface area contributed by atoms with E-state index in [1.165, 1.54) is 4.90 Å². The maximum absolute atomic E-state index is 13.4. The maximum atomic E-state index is 13.4. The van der Waals surface area contributed by atoms with Gasteiger partial charge in [-0.15, -0.1) is 0 Å². The van der Waals surface area contributed by atoms with E-state index in [0.717, 1.165) is 0 Å². The highest BCUT2D eigenvalue weighted by molar-refractivity contribution is 6.03. The van der Waals surface area contributed by atoms with E-state index >= 15 is 0 Å². The first-order valence-corrected chi connectivity index (χ1v) is 10.4. The summed E-state index contributed by atoms with van der Waals surface area (Å²) in [7, 11) is 1.84. The molecule has 1 saturated heterocycles. The molecule has 170 valence electrons. The van der Waals surface area contributed by atoms with Crippen molar-refractivity contribution in [1.82, 2.24) is 14.9 Å². The Morgan fingerprint density at radius 3 is 2.41 bits per heavy atom. The summed E-state index contributed by atoms with van der Waals surface area (Å²) in [5.74, 6) is -3.57. The molecule has 1 N–H and O–H groups in total. The molecule has 1 aromatic heterocycles. The van der Waals surface area contributed by atoms with Gasteiger partial charge in [0.1, 0.15) is 17.6 Å². The predicted molar refractivity (Wildman–Crippen MR) is 112 cm³/mol. The molecule has 0 radical (unpaired) electrons. The highest BCUT2D eigenvalue weighted by Gasteiger charge is 2.37. The van der Waals surface area contributed by atoms with Crippen LogP contribution >= 0.6 is 0 Å². The van der Waals surface area contributed by atoms with Crippen LogP contribution in [0.1, 0.15) is 35.7 Å². The molecule has 0 aliphatic carbocycles. The summed E-state index contributed by atoms with van der Waals surface area (Å²) >= 11 is 0. The minimum absolute atomic E-state index is 0.0796. The van der Waals surface area contributed by atoms with Crippen molar-refractivity contribution in [3.8, 4) is 0 Å². The number of nitrogens with one attached hydrogen (secondary N) is 1. The van der Waals surface area contributed by atoms with E-state index in [9.17, 15) is 22.8 Å². The van der Waals surface area contributed by atoms with Gasteiger partial charge in [0, 0.05) is 38.0 Å². The van der Waals surface area contributed by atoms with Crippen molar-refractivity contribution >= 4 is 23.3 Å². The number of anilines is 2. The van der Waals surface area contributed by atoms with Crippen LogP contribution in [0.5, 0.6) is 0 Å². The average Bonchev–Trinajstić information content (AvgIpc) is 2.68. The minimum Gasteiger partial charge on any atom is -0.346 e. The number of nitrogens with zero attached hydrogens (tertiary/aromatic N) is 4. The zero-order chi connectivity index (χ0) is 23.3. The predicted octanol–water partition coefficient (Wildman–Crippen LogP) is 2.93. The van der Waals surface area contributed by atoms with Crippen LogP contribution in [0.3, 0.4) is 0 Å². The van der Waals surface area contributed by atoms with Crippen LogP contribution in [0, 0.1) is 36.2 Å². The molecule has 0 saturated carbocycles. The van der Waals surface area contributed by atoms with Crippen molar-refractivity contribution in [3.63, 3.8) is 0 Å². The van der Waals surface area contributed by atoms with Crippen molar-refractivity contribution in [2.24, 2.45) is 11.8 Å². The number of likely N-dealkylation sites (tertiary alicyclic amines) is 1. The SMILES string of the molecule is Cc1nc(CC2CN(C(=O)c3cc(F)c(F)c(F)c3)C2)nc2c1NC(=O)[C@H](C(C)C)N2C. The standard InChI is InChI=1S/C22H24F3N5O2/c1-10(2)19-21(31)28-18-11(3)26-16(27-20(18)29(19)4)5-12-8-30(9-12)22(32)13-6-14(23)17(25)15(24)7-13/h6-7,10,12,19H,5,8-9H2,1-4H3,(H,28,31)/t19-/m0/s1. The first kappa shape index (κ1) is 22.0. The molecular formula is C22H24F3N5O2. The Hall–Kier alpha value is -3.17. The first-order chi connectivity index (χ1) is 15.1. The lowest BCUT2D eigenvalue weighted by atomic mass is 9.94. The summed E-state index contributed by atoms with van der Waals surface area (Å²) in [6.07, 6.45) is 0.512. The molecule has 1 fully saturated rings. The fourth-order valence-electron chi connectivity index (χ4n) is 4.35. The summed E-state index contributed by atoms with van der Waals surface area (Å²) in [5.41, 5.74) is 1.04. The quantitative estimate of drug-likeness (QED) is 0.730. The summed E-state index contributed by atoms with van der Waals surface area (Å²) in [4.78, 5) is 37.4. The van der Waals surface area contributed by atoms with Crippen molar-refractivity contribution in [3.05, 3.63) is 46.7 Å². The van der Waals surface area contributed by atoms with E-state index in [1.54, 1.807) is 0 Å². The molecule has 1 atom stereocenters. The molecule has 1 aromatic carbocycles. The van der Waals surface area contributed by atoms with Crippen molar-refractivity contribution < 1.29 is 22.8 Å². The van der Waals surface area contributed by atoms with Crippen LogP contribution in [0.2, 0.25) is 0 Å². The number of hydrogen-bond acceptors (Lipinski definition) is 5. The maximum Gasteiger partial charge on any atom is 0.254 e. The molecule has 0 bridgehead atoms. The first-order valence-electron chi connectivity index (χ1n) is 10.4. The van der Waals surface area contributed by atoms with Gasteiger partial charge >= 0.3 is 0 Å². The Morgan fingerprint density at radius 1 is 1.19 bits per heavy atom. The number of rotatable bonds is 4. The zero-order valence-electron chi connectivity index (χ0n) is 18.2. The number of carbonyl (C=O) groups excluding carboxylic acids is 2. The van der Waals surface area contributed by atoms with Crippen LogP contribution in [-0.2, 0) is 11.2 Å². The molecule has 2 amide bonds. The largest absolute Gasteiger partial charge is 0.346 e. The smallest absolute Gasteiger partial charge is 0.254 e. The molecule has 0 unspecified atom stereocenters. The van der Waals surface area contributed by atoms with E-state index in [-0.39, 0.29) is 29.3 Å². The summed E-state index contributed by atoms with van der Waals surface area (Å²) in [5, 5.41) is 2.91. The van der Waals surface area contributed by atoms with E-state index in [0.29, 0.717) is 54.7 Å². The fourth-order valence-corrected chi connectivity index (χ4v) is 4.35. The van der Waals surface area contributed by atoms with Crippen molar-refractivity contribution in [1.29, 1.82) is 0 Å². The molecule has 7 nitrogen and oxygen atoms in total. The Morgan fingerprint density at radius 2 is 1.81 bits per heavy atom. The molecule has 2 aliphatic heterocycles. The van der Waals surface area contributed by atoms with Crippen LogP contribution < -0.4 is 10.2 Å². The summed E-state index contributed by atoms with van der Waals surface area (Å²) in [6.45, 7) is 6.50. The lowest BCUT2D eigenvalue weighted by Crippen LogP contribution is -2.51. The third-order valence-electron chi connectivity index (χ3n) is 5.96. The van der Waals surface area contributed by atoms with E-state index < -0.39 is 23.4 Å². The van der Waals surface area contributed by atoms with Gasteiger partial charge in [-0.05, 0) is 25.0 Å². The van der Waals surface area contributed by atoms with Gasteiger partial charge in [0.05, 0.1) is 5.69 Å². The van der Waals surface area contributed by atoms with Crippen LogP contribution in [0.4, 0.5) is 24.7 Å². The zero-order valence-corrected chi connectivity index (χ0v) is 18.2. The number of benzene rings is 1. The highest BCUT2D eigenvalue weighted by Crippen LogP contribution is 2.34. The number of amides is 2. The van der Waals surface area contributed by atoms with Gasteiger partial charge in [0.15, 0.2) is 23.3 Å². The fraction of sp³-hybridized carbons (Fsp3) is 0.455. The van der Waals surface area contributed by atoms with Crippen LogP contribution in [0.25, 0.3) is 0 Å². The Bertz CT molecular complexity index is 1080. The number of fused-ring (bicyclic) bond motifs is 1. The number of likely N-dealkylation sites (N-methyl/N-ethyl adjacent to an activating group) is 1. The number of halogens is 3. The Labute approximate surface area is 183 Å². The number of hydrogen-bond donors (Lipinski definition) is 1. The average molecular weight is 447 g/mol. The molecular weight excluding hydrogens is 423 g/mol. The third-order valence-corrected chi connectivity index (χ3v) is 5.96. The van der Waals surface area contributed by atoms with Crippen LogP contribution in [0.15, 0.2) is 12.1 Å². The number of aromatic nitrogens is 2. The van der Waals surface area contributed by atoms with Gasteiger partial charge in [0.25, 0.3) is 5.91 Å². The second-order valence-corrected chi connectivity index (χ2v) is 8.75. The van der Waals surface area contributed by atoms with Gasteiger partial charge in [0.2, 0.25) is 5.91 Å². The molecule has 4 rings (SSSR count). The molecule has 0 spiro atoms. The van der Waals surface area contributed by atoms with Crippen molar-refractivity contribution in [2.75, 3.05) is 30.4 Å². The molecule has 3 heterocycles. The summed E-state index contributed by atoms with van der Waals surface area (Å²) < 4.78 is 40.0.